The molecular formula is C43H27N3O. The number of hydrogen-bond donors (Lipinski definition) is 0. The van der Waals surface area contributed by atoms with Crippen molar-refractivity contribution < 1.29 is 4.74 Å². The highest BCUT2D eigenvalue weighted by molar-refractivity contribution is 6.04. The fraction of sp³-hybridized carbons (Fsp3) is 0. The molecule has 4 nitrogen and oxygen atoms in total. The summed E-state index contributed by atoms with van der Waals surface area (Å²) in [6, 6.07) is 56.3. The van der Waals surface area contributed by atoms with Gasteiger partial charge >= 0.3 is 0 Å². The molecule has 47 heavy (non-hydrogen) atoms. The minimum Gasteiger partial charge on any atom is -0.456 e. The van der Waals surface area contributed by atoms with Crippen LogP contribution < -0.4 is 4.74 Å². The van der Waals surface area contributed by atoms with Crippen molar-refractivity contribution in [2.24, 2.45) is 0 Å². The SMILES string of the molecule is c1ccc(-c2ccc(-c3nc(-c4ccccc4)nc(-c4cccc(-c5ccc6c(c5)-c5cccc7cccc(c57)O6)c4)n3)cc2)cc1. The molecule has 0 fully saturated rings. The third-order valence-corrected chi connectivity index (χ3v) is 8.73. The zero-order valence-electron chi connectivity index (χ0n) is 25.3. The lowest BCUT2D eigenvalue weighted by Gasteiger charge is -2.22. The summed E-state index contributed by atoms with van der Waals surface area (Å²) >= 11 is 0. The smallest absolute Gasteiger partial charge is 0.164 e. The molecule has 1 aromatic heterocycles. The van der Waals surface area contributed by atoms with E-state index in [1.54, 1.807) is 0 Å². The second kappa shape index (κ2) is 11.2. The summed E-state index contributed by atoms with van der Waals surface area (Å²) in [5.41, 5.74) is 9.57. The topological polar surface area (TPSA) is 47.9 Å². The van der Waals surface area contributed by atoms with Gasteiger partial charge in [0, 0.05) is 27.6 Å². The Balaban J connectivity index is 1.13. The molecule has 4 heteroatoms. The van der Waals surface area contributed by atoms with Crippen LogP contribution in [0.2, 0.25) is 0 Å². The van der Waals surface area contributed by atoms with Gasteiger partial charge in [-0.2, -0.15) is 0 Å². The van der Waals surface area contributed by atoms with E-state index in [9.17, 15) is 0 Å². The van der Waals surface area contributed by atoms with Gasteiger partial charge in [-0.3, -0.25) is 0 Å². The molecule has 0 bridgehead atoms. The number of aromatic nitrogens is 3. The highest BCUT2D eigenvalue weighted by atomic mass is 16.5. The van der Waals surface area contributed by atoms with Gasteiger partial charge in [0.05, 0.1) is 0 Å². The summed E-state index contributed by atoms with van der Waals surface area (Å²) in [6.07, 6.45) is 0. The van der Waals surface area contributed by atoms with Crippen LogP contribution in [0.3, 0.4) is 0 Å². The van der Waals surface area contributed by atoms with Crippen LogP contribution in [0.25, 0.3) is 78.3 Å². The lowest BCUT2D eigenvalue weighted by Crippen LogP contribution is -2.00. The Morgan fingerprint density at radius 1 is 0.319 bits per heavy atom. The second-order valence-corrected chi connectivity index (χ2v) is 11.7. The largest absolute Gasteiger partial charge is 0.456 e. The van der Waals surface area contributed by atoms with E-state index in [0.29, 0.717) is 17.5 Å². The average Bonchev–Trinajstić information content (AvgIpc) is 3.15. The molecule has 1 aliphatic rings. The van der Waals surface area contributed by atoms with E-state index in [2.05, 4.69) is 115 Å². The van der Waals surface area contributed by atoms with Gasteiger partial charge in [0.1, 0.15) is 11.5 Å². The summed E-state index contributed by atoms with van der Waals surface area (Å²) in [4.78, 5) is 14.9. The monoisotopic (exact) mass is 601 g/mol. The molecule has 0 saturated carbocycles. The second-order valence-electron chi connectivity index (χ2n) is 11.7. The van der Waals surface area contributed by atoms with E-state index in [4.69, 9.17) is 19.7 Å². The van der Waals surface area contributed by atoms with Crippen molar-refractivity contribution in [1.29, 1.82) is 0 Å². The average molecular weight is 602 g/mol. The summed E-state index contributed by atoms with van der Waals surface area (Å²) in [7, 11) is 0. The van der Waals surface area contributed by atoms with Gasteiger partial charge in [-0.05, 0) is 57.5 Å². The van der Waals surface area contributed by atoms with E-state index in [-0.39, 0.29) is 0 Å². The molecule has 0 spiro atoms. The van der Waals surface area contributed by atoms with Crippen LogP contribution in [-0.2, 0) is 0 Å². The molecule has 0 atom stereocenters. The lowest BCUT2D eigenvalue weighted by molar-refractivity contribution is 0.487. The van der Waals surface area contributed by atoms with Crippen molar-refractivity contribution in [3.8, 4) is 79.0 Å². The summed E-state index contributed by atoms with van der Waals surface area (Å²) in [5.74, 6) is 3.67. The van der Waals surface area contributed by atoms with Crippen LogP contribution in [0.4, 0.5) is 0 Å². The number of ether oxygens (including phenoxy) is 1. The molecule has 7 aromatic carbocycles. The molecule has 2 heterocycles. The van der Waals surface area contributed by atoms with E-state index in [1.165, 1.54) is 16.5 Å². The molecule has 0 aliphatic carbocycles. The summed E-state index contributed by atoms with van der Waals surface area (Å²) in [5, 5.41) is 2.32. The number of benzene rings is 7. The number of rotatable bonds is 5. The molecule has 9 rings (SSSR count). The summed E-state index contributed by atoms with van der Waals surface area (Å²) < 4.78 is 6.35. The van der Waals surface area contributed by atoms with Gasteiger partial charge in [-0.25, -0.2) is 15.0 Å². The van der Waals surface area contributed by atoms with Gasteiger partial charge in [0.2, 0.25) is 0 Å². The molecule has 1 aliphatic heterocycles. The minimum atomic E-state index is 0.628. The van der Waals surface area contributed by atoms with Crippen molar-refractivity contribution in [3.63, 3.8) is 0 Å². The number of hydrogen-bond acceptors (Lipinski definition) is 4. The maximum Gasteiger partial charge on any atom is 0.164 e. The zero-order valence-corrected chi connectivity index (χ0v) is 25.3. The maximum atomic E-state index is 6.35. The molecule has 0 unspecified atom stereocenters. The van der Waals surface area contributed by atoms with E-state index < -0.39 is 0 Å². The van der Waals surface area contributed by atoms with Crippen molar-refractivity contribution in [2.45, 2.75) is 0 Å². The number of nitrogens with zero attached hydrogens (tertiary/aromatic N) is 3. The van der Waals surface area contributed by atoms with Crippen molar-refractivity contribution in [1.82, 2.24) is 15.0 Å². The van der Waals surface area contributed by atoms with Gasteiger partial charge in [-0.1, -0.05) is 140 Å². The standard InChI is InChI=1S/C43H27N3O/c1-3-10-28(11-4-1)29-20-22-32(23-21-29)42-44-41(31-12-5-2-6-13-31)45-43(46-42)35-17-7-16-33(26-35)34-24-25-38-37(27-34)36-18-8-14-30-15-9-19-39(47-38)40(30)36/h1-27H. The Morgan fingerprint density at radius 3 is 1.57 bits per heavy atom. The fourth-order valence-corrected chi connectivity index (χ4v) is 6.37. The highest BCUT2D eigenvalue weighted by Crippen LogP contribution is 2.47. The predicted molar refractivity (Wildman–Crippen MR) is 190 cm³/mol. The van der Waals surface area contributed by atoms with Crippen LogP contribution >= 0.6 is 0 Å². The van der Waals surface area contributed by atoms with Gasteiger partial charge in [0.25, 0.3) is 0 Å². The first-order valence-electron chi connectivity index (χ1n) is 15.7. The highest BCUT2D eigenvalue weighted by Gasteiger charge is 2.20. The first-order valence-corrected chi connectivity index (χ1v) is 15.7. The van der Waals surface area contributed by atoms with Crippen molar-refractivity contribution in [2.75, 3.05) is 0 Å². The molecule has 8 aromatic rings. The molecule has 0 saturated heterocycles. The zero-order chi connectivity index (χ0) is 31.2. The van der Waals surface area contributed by atoms with Crippen LogP contribution in [0.5, 0.6) is 11.5 Å². The lowest BCUT2D eigenvalue weighted by atomic mass is 9.92. The van der Waals surface area contributed by atoms with Crippen LogP contribution in [0, 0.1) is 0 Å². The van der Waals surface area contributed by atoms with E-state index in [0.717, 1.165) is 55.8 Å². The predicted octanol–water partition coefficient (Wildman–Crippen LogP) is 11.1. The van der Waals surface area contributed by atoms with Crippen LogP contribution in [0.1, 0.15) is 0 Å². The third-order valence-electron chi connectivity index (χ3n) is 8.73. The normalized spacial score (nSPS) is 11.6. The molecule has 0 N–H and O–H groups in total. The molecule has 220 valence electrons. The molecule has 0 radical (unpaired) electrons. The van der Waals surface area contributed by atoms with Crippen molar-refractivity contribution >= 4 is 10.8 Å². The Kier molecular flexibility index (Phi) is 6.43. The van der Waals surface area contributed by atoms with Gasteiger partial charge in [0.15, 0.2) is 17.5 Å². The quantitative estimate of drug-likeness (QED) is 0.197. The minimum absolute atomic E-state index is 0.628. The third kappa shape index (κ3) is 4.93. The molecular weight excluding hydrogens is 574 g/mol. The van der Waals surface area contributed by atoms with E-state index in [1.807, 2.05) is 48.5 Å². The van der Waals surface area contributed by atoms with Crippen molar-refractivity contribution in [3.05, 3.63) is 164 Å². The van der Waals surface area contributed by atoms with Crippen LogP contribution in [-0.4, -0.2) is 15.0 Å². The Labute approximate surface area is 272 Å². The first-order chi connectivity index (χ1) is 23.3. The van der Waals surface area contributed by atoms with Gasteiger partial charge < -0.3 is 4.74 Å². The molecule has 0 amide bonds. The van der Waals surface area contributed by atoms with Gasteiger partial charge in [-0.15, -0.1) is 0 Å². The fourth-order valence-electron chi connectivity index (χ4n) is 6.37. The Bertz CT molecular complexity index is 2420. The number of fused-ring (bicyclic) bond motifs is 2. The Morgan fingerprint density at radius 2 is 0.830 bits per heavy atom. The summed E-state index contributed by atoms with van der Waals surface area (Å²) in [6.45, 7) is 0. The maximum absolute atomic E-state index is 6.35. The van der Waals surface area contributed by atoms with E-state index >= 15 is 0 Å². The Hall–Kier alpha value is -6.39. The van der Waals surface area contributed by atoms with Crippen LogP contribution in [0.15, 0.2) is 164 Å². The first kappa shape index (κ1) is 27.0.